The van der Waals surface area contributed by atoms with Gasteiger partial charge in [0.2, 0.25) is 11.8 Å². The highest BCUT2D eigenvalue weighted by Gasteiger charge is 2.19. The summed E-state index contributed by atoms with van der Waals surface area (Å²) in [5, 5.41) is 2.52. The van der Waals surface area contributed by atoms with Crippen LogP contribution >= 0.6 is 11.3 Å². The highest BCUT2D eigenvalue weighted by atomic mass is 32.1. The predicted molar refractivity (Wildman–Crippen MR) is 180 cm³/mol. The van der Waals surface area contributed by atoms with Crippen LogP contribution in [0, 0.1) is 0 Å². The van der Waals surface area contributed by atoms with Gasteiger partial charge >= 0.3 is 0 Å². The molecular formula is C38H23N3O2S. The second kappa shape index (κ2) is 9.93. The van der Waals surface area contributed by atoms with E-state index in [1.165, 1.54) is 20.2 Å². The molecule has 0 amide bonds. The van der Waals surface area contributed by atoms with E-state index in [-0.39, 0.29) is 0 Å². The summed E-state index contributed by atoms with van der Waals surface area (Å²) in [7, 11) is 0. The third-order valence-electron chi connectivity index (χ3n) is 7.96. The zero-order chi connectivity index (χ0) is 29.0. The average Bonchev–Trinajstić information content (AvgIpc) is 3.81. The minimum atomic E-state index is 0.610. The van der Waals surface area contributed by atoms with Crippen LogP contribution < -0.4 is 4.90 Å². The molecule has 0 bridgehead atoms. The van der Waals surface area contributed by atoms with Crippen molar-refractivity contribution in [3.05, 3.63) is 140 Å². The van der Waals surface area contributed by atoms with Gasteiger partial charge in [-0.2, -0.15) is 0 Å². The molecule has 6 heteroatoms. The number of benzene rings is 6. The summed E-state index contributed by atoms with van der Waals surface area (Å²) in [6, 6.07) is 47.7. The fraction of sp³-hybridized carbons (Fsp3) is 0. The van der Waals surface area contributed by atoms with Gasteiger partial charge in [0.1, 0.15) is 11.0 Å². The lowest BCUT2D eigenvalue weighted by Gasteiger charge is -2.26. The molecule has 0 saturated heterocycles. The van der Waals surface area contributed by atoms with Crippen molar-refractivity contribution in [3.8, 4) is 22.9 Å². The first kappa shape index (κ1) is 24.8. The van der Waals surface area contributed by atoms with Gasteiger partial charge in [-0.25, -0.2) is 9.97 Å². The Balaban J connectivity index is 1.17. The number of thiophene rings is 1. The molecule has 0 unspecified atom stereocenters. The lowest BCUT2D eigenvalue weighted by molar-refractivity contribution is 0.619. The lowest BCUT2D eigenvalue weighted by atomic mass is 10.1. The number of aromatic nitrogens is 2. The molecule has 0 fully saturated rings. The summed E-state index contributed by atoms with van der Waals surface area (Å²) in [5.74, 6) is 1.22. The Bertz CT molecular complexity index is 2270. The molecule has 44 heavy (non-hydrogen) atoms. The van der Waals surface area contributed by atoms with Crippen LogP contribution in [0.5, 0.6) is 0 Å². The van der Waals surface area contributed by atoms with Crippen LogP contribution in [-0.4, -0.2) is 9.97 Å². The summed E-state index contributed by atoms with van der Waals surface area (Å²) in [4.78, 5) is 11.7. The van der Waals surface area contributed by atoms with Gasteiger partial charge in [0.25, 0.3) is 0 Å². The number of oxazole rings is 2. The monoisotopic (exact) mass is 585 g/mol. The van der Waals surface area contributed by atoms with Crippen molar-refractivity contribution in [1.82, 2.24) is 9.97 Å². The minimum absolute atomic E-state index is 0.610. The van der Waals surface area contributed by atoms with Crippen molar-refractivity contribution >= 4 is 70.8 Å². The SMILES string of the molecule is c1ccc2oc(-c3ccc(N(c4ccc(-c5nc6ccccc6o5)cc4)c4cccc5c4sc4ccccc45)cc3)nc2c1. The largest absolute Gasteiger partial charge is 0.436 e. The number of hydrogen-bond donors (Lipinski definition) is 0. The number of anilines is 3. The van der Waals surface area contributed by atoms with Crippen LogP contribution in [0.1, 0.15) is 0 Å². The van der Waals surface area contributed by atoms with Crippen molar-refractivity contribution in [2.75, 3.05) is 4.90 Å². The Morgan fingerprint density at radius 3 is 1.59 bits per heavy atom. The van der Waals surface area contributed by atoms with Gasteiger partial charge in [-0.15, -0.1) is 11.3 Å². The molecule has 0 saturated carbocycles. The number of rotatable bonds is 5. The van der Waals surface area contributed by atoms with Crippen LogP contribution in [0.3, 0.4) is 0 Å². The first-order chi connectivity index (χ1) is 21.8. The van der Waals surface area contributed by atoms with Gasteiger partial charge in [0.05, 0.1) is 10.4 Å². The van der Waals surface area contributed by atoms with E-state index in [2.05, 4.69) is 95.9 Å². The number of para-hydroxylation sites is 4. The fourth-order valence-electron chi connectivity index (χ4n) is 5.83. The average molecular weight is 586 g/mol. The van der Waals surface area contributed by atoms with Crippen LogP contribution in [-0.2, 0) is 0 Å². The highest BCUT2D eigenvalue weighted by Crippen LogP contribution is 2.45. The molecule has 208 valence electrons. The van der Waals surface area contributed by atoms with Gasteiger partial charge in [0, 0.05) is 38.0 Å². The summed E-state index contributed by atoms with van der Waals surface area (Å²) >= 11 is 1.82. The van der Waals surface area contributed by atoms with Crippen molar-refractivity contribution in [2.45, 2.75) is 0 Å². The first-order valence-corrected chi connectivity index (χ1v) is 15.2. The van der Waals surface area contributed by atoms with E-state index in [1.54, 1.807) is 0 Å². The molecule has 0 atom stereocenters. The molecule has 3 aromatic heterocycles. The van der Waals surface area contributed by atoms with Gasteiger partial charge in [-0.05, 0) is 84.9 Å². The van der Waals surface area contributed by atoms with E-state index in [4.69, 9.17) is 18.8 Å². The maximum atomic E-state index is 6.05. The first-order valence-electron chi connectivity index (χ1n) is 14.4. The van der Waals surface area contributed by atoms with E-state index in [0.29, 0.717) is 11.8 Å². The van der Waals surface area contributed by atoms with Crippen molar-refractivity contribution in [1.29, 1.82) is 0 Å². The van der Waals surface area contributed by atoms with Crippen LogP contribution in [0.2, 0.25) is 0 Å². The third-order valence-corrected chi connectivity index (χ3v) is 9.17. The molecule has 0 aliphatic rings. The van der Waals surface area contributed by atoms with Gasteiger partial charge in [-0.1, -0.05) is 54.6 Å². The zero-order valence-electron chi connectivity index (χ0n) is 23.3. The standard InChI is InChI=1S/C38H23N3O2S/c1-6-15-35-28(8-1)29-9-7-12-32(36(29)44-35)41(26-20-16-24(17-21-26)37-39-30-10-2-4-13-33(30)42-37)27-22-18-25(19-23-27)38-40-31-11-3-5-14-34(31)43-38/h1-23H. The van der Waals surface area contributed by atoms with Crippen LogP contribution in [0.25, 0.3) is 65.3 Å². The molecule has 0 aliphatic heterocycles. The van der Waals surface area contributed by atoms with Gasteiger partial charge in [-0.3, -0.25) is 0 Å². The Kier molecular flexibility index (Phi) is 5.61. The van der Waals surface area contributed by atoms with Crippen LogP contribution in [0.15, 0.2) is 148 Å². The normalized spacial score (nSPS) is 11.6. The summed E-state index contributed by atoms with van der Waals surface area (Å²) in [5.41, 5.74) is 8.30. The van der Waals surface area contributed by atoms with E-state index in [0.717, 1.165) is 50.4 Å². The molecule has 0 aliphatic carbocycles. The minimum Gasteiger partial charge on any atom is -0.436 e. The van der Waals surface area contributed by atoms with Gasteiger partial charge in [0.15, 0.2) is 11.2 Å². The molecule has 5 nitrogen and oxygen atoms in total. The molecule has 0 radical (unpaired) electrons. The second-order valence-electron chi connectivity index (χ2n) is 10.7. The number of hydrogen-bond acceptors (Lipinski definition) is 6. The van der Waals surface area contributed by atoms with E-state index in [1.807, 2.05) is 59.9 Å². The smallest absolute Gasteiger partial charge is 0.227 e. The Morgan fingerprint density at radius 2 is 1.00 bits per heavy atom. The highest BCUT2D eigenvalue weighted by molar-refractivity contribution is 7.26. The Labute approximate surface area is 256 Å². The Hall–Kier alpha value is -5.72. The molecule has 0 spiro atoms. The van der Waals surface area contributed by atoms with E-state index < -0.39 is 0 Å². The topological polar surface area (TPSA) is 55.3 Å². The van der Waals surface area contributed by atoms with E-state index in [9.17, 15) is 0 Å². The third kappa shape index (κ3) is 4.07. The quantitative estimate of drug-likeness (QED) is 0.201. The molecular weight excluding hydrogens is 563 g/mol. The molecule has 9 rings (SSSR count). The van der Waals surface area contributed by atoms with E-state index >= 15 is 0 Å². The summed E-state index contributed by atoms with van der Waals surface area (Å²) in [6.07, 6.45) is 0. The summed E-state index contributed by atoms with van der Waals surface area (Å²) in [6.45, 7) is 0. The van der Waals surface area contributed by atoms with Crippen molar-refractivity contribution < 1.29 is 8.83 Å². The molecule has 6 aromatic carbocycles. The Morgan fingerprint density at radius 1 is 0.477 bits per heavy atom. The lowest BCUT2D eigenvalue weighted by Crippen LogP contribution is -2.10. The summed E-state index contributed by atoms with van der Waals surface area (Å²) < 4.78 is 14.6. The van der Waals surface area contributed by atoms with Crippen LogP contribution in [0.4, 0.5) is 17.1 Å². The van der Waals surface area contributed by atoms with Crippen molar-refractivity contribution in [2.24, 2.45) is 0 Å². The second-order valence-corrected chi connectivity index (χ2v) is 11.7. The van der Waals surface area contributed by atoms with Gasteiger partial charge < -0.3 is 13.7 Å². The maximum absolute atomic E-state index is 6.05. The molecule has 0 N–H and O–H groups in total. The molecule has 9 aromatic rings. The van der Waals surface area contributed by atoms with Crippen molar-refractivity contribution in [3.63, 3.8) is 0 Å². The predicted octanol–water partition coefficient (Wildman–Crippen LogP) is 11.1. The maximum Gasteiger partial charge on any atom is 0.227 e. The number of nitrogens with zero attached hydrogens (tertiary/aromatic N) is 3. The zero-order valence-corrected chi connectivity index (χ0v) is 24.2. The molecule has 3 heterocycles. The number of fused-ring (bicyclic) bond motifs is 5. The fourth-order valence-corrected chi connectivity index (χ4v) is 7.04.